The number of benzene rings is 2. The smallest absolute Gasteiger partial charge is 0.142 e. The lowest BCUT2D eigenvalue weighted by molar-refractivity contribution is 0.477. The van der Waals surface area contributed by atoms with Crippen molar-refractivity contribution in [2.75, 3.05) is 0 Å². The quantitative estimate of drug-likeness (QED) is 0.773. The molecule has 2 rings (SSSR count). The summed E-state index contributed by atoms with van der Waals surface area (Å²) in [5.74, 6) is 0.0217. The van der Waals surface area contributed by atoms with Crippen LogP contribution in [0.1, 0.15) is 0 Å². The largest absolute Gasteiger partial charge is 0.506 e. The summed E-state index contributed by atoms with van der Waals surface area (Å²) in [5, 5.41) is 11.2. The Morgan fingerprint density at radius 1 is 0.812 bits per heavy atom. The van der Waals surface area contributed by atoms with Crippen molar-refractivity contribution in [2.24, 2.45) is 0 Å². The van der Waals surface area contributed by atoms with Crippen molar-refractivity contribution in [3.63, 3.8) is 0 Å². The van der Waals surface area contributed by atoms with E-state index in [1.807, 2.05) is 0 Å². The van der Waals surface area contributed by atoms with E-state index in [-0.39, 0.29) is 10.8 Å². The average molecular weight is 274 g/mol. The molecule has 0 radical (unpaired) electrons. The normalized spacial score (nSPS) is 10.4. The summed E-state index contributed by atoms with van der Waals surface area (Å²) < 4.78 is 0. The molecule has 0 spiro atoms. The van der Waals surface area contributed by atoms with E-state index in [0.29, 0.717) is 15.6 Å². The third-order valence-electron chi connectivity index (χ3n) is 2.18. The molecule has 2 aromatic rings. The van der Waals surface area contributed by atoms with Gasteiger partial charge < -0.3 is 5.11 Å². The molecule has 0 heterocycles. The minimum atomic E-state index is 0.0217. The summed E-state index contributed by atoms with van der Waals surface area (Å²) in [6, 6.07) is 10.2. The van der Waals surface area contributed by atoms with Crippen LogP contribution in [0.5, 0.6) is 5.75 Å². The molecule has 0 atom stereocenters. The van der Waals surface area contributed by atoms with Gasteiger partial charge in [-0.25, -0.2) is 0 Å². The highest BCUT2D eigenvalue weighted by atomic mass is 35.5. The first-order chi connectivity index (χ1) is 7.58. The molecular formula is C12H7Cl3O. The van der Waals surface area contributed by atoms with Crippen molar-refractivity contribution in [2.45, 2.75) is 0 Å². The van der Waals surface area contributed by atoms with E-state index in [1.54, 1.807) is 30.3 Å². The number of halogens is 3. The second-order valence-electron chi connectivity index (χ2n) is 3.29. The van der Waals surface area contributed by atoms with Crippen molar-refractivity contribution >= 4 is 34.8 Å². The van der Waals surface area contributed by atoms with Crippen LogP contribution in [-0.4, -0.2) is 5.11 Å². The highest BCUT2D eigenvalue weighted by Gasteiger charge is 2.09. The van der Waals surface area contributed by atoms with Crippen LogP contribution in [0.15, 0.2) is 36.4 Å². The maximum atomic E-state index is 9.82. The molecule has 0 fully saturated rings. The predicted molar refractivity (Wildman–Crippen MR) is 68.6 cm³/mol. The lowest BCUT2D eigenvalue weighted by Crippen LogP contribution is -1.80. The zero-order valence-electron chi connectivity index (χ0n) is 8.05. The molecule has 0 aliphatic rings. The van der Waals surface area contributed by atoms with Crippen LogP contribution in [0.3, 0.4) is 0 Å². The SMILES string of the molecule is Oc1c(Cl)cc(Cl)cc1-c1ccc(Cl)cc1. The van der Waals surface area contributed by atoms with Gasteiger partial charge in [0.05, 0.1) is 5.02 Å². The monoisotopic (exact) mass is 272 g/mol. The Bertz CT molecular complexity index is 521. The molecule has 2 aromatic carbocycles. The number of rotatable bonds is 1. The van der Waals surface area contributed by atoms with Gasteiger partial charge in [-0.3, -0.25) is 0 Å². The second-order valence-corrected chi connectivity index (χ2v) is 4.57. The van der Waals surface area contributed by atoms with Crippen LogP contribution in [0.2, 0.25) is 15.1 Å². The molecule has 0 aliphatic carbocycles. The Kier molecular flexibility index (Phi) is 3.29. The van der Waals surface area contributed by atoms with Crippen molar-refractivity contribution in [3.05, 3.63) is 51.5 Å². The van der Waals surface area contributed by atoms with Crippen molar-refractivity contribution in [1.29, 1.82) is 0 Å². The molecule has 0 aromatic heterocycles. The van der Waals surface area contributed by atoms with Gasteiger partial charge in [0, 0.05) is 15.6 Å². The van der Waals surface area contributed by atoms with Crippen molar-refractivity contribution in [1.82, 2.24) is 0 Å². The third-order valence-corrected chi connectivity index (χ3v) is 2.94. The maximum absolute atomic E-state index is 9.82. The molecule has 1 N–H and O–H groups in total. The standard InChI is InChI=1S/C12H7Cl3O/c13-8-3-1-7(2-4-8)10-5-9(14)6-11(15)12(10)16/h1-6,16H. The Morgan fingerprint density at radius 2 is 1.44 bits per heavy atom. The van der Waals surface area contributed by atoms with Gasteiger partial charge in [0.25, 0.3) is 0 Å². The molecule has 0 saturated carbocycles. The van der Waals surface area contributed by atoms with Gasteiger partial charge in [-0.05, 0) is 29.8 Å². The molecule has 0 unspecified atom stereocenters. The topological polar surface area (TPSA) is 20.2 Å². The Balaban J connectivity index is 2.59. The van der Waals surface area contributed by atoms with Crippen molar-refractivity contribution < 1.29 is 5.11 Å². The summed E-state index contributed by atoms with van der Waals surface area (Å²) in [6.07, 6.45) is 0. The molecule has 16 heavy (non-hydrogen) atoms. The van der Waals surface area contributed by atoms with E-state index in [9.17, 15) is 5.11 Å². The van der Waals surface area contributed by atoms with Gasteiger partial charge in [-0.15, -0.1) is 0 Å². The number of hydrogen-bond donors (Lipinski definition) is 1. The van der Waals surface area contributed by atoms with E-state index in [4.69, 9.17) is 34.8 Å². The molecular weight excluding hydrogens is 266 g/mol. The first kappa shape index (κ1) is 11.6. The molecule has 82 valence electrons. The van der Waals surface area contributed by atoms with E-state index in [2.05, 4.69) is 0 Å². The van der Waals surface area contributed by atoms with Gasteiger partial charge in [0.1, 0.15) is 5.75 Å². The molecule has 0 bridgehead atoms. The van der Waals surface area contributed by atoms with Crippen LogP contribution < -0.4 is 0 Å². The van der Waals surface area contributed by atoms with E-state index < -0.39 is 0 Å². The first-order valence-electron chi connectivity index (χ1n) is 4.52. The van der Waals surface area contributed by atoms with Crippen LogP contribution in [0.4, 0.5) is 0 Å². The predicted octanol–water partition coefficient (Wildman–Crippen LogP) is 5.02. The Labute approximate surface area is 108 Å². The summed E-state index contributed by atoms with van der Waals surface area (Å²) in [5.41, 5.74) is 1.40. The zero-order chi connectivity index (χ0) is 11.7. The zero-order valence-corrected chi connectivity index (χ0v) is 10.3. The Hall–Kier alpha value is -0.890. The number of phenolic OH excluding ortho intramolecular Hbond substituents is 1. The van der Waals surface area contributed by atoms with Crippen molar-refractivity contribution in [3.8, 4) is 16.9 Å². The second kappa shape index (κ2) is 4.54. The fourth-order valence-corrected chi connectivity index (χ4v) is 2.03. The summed E-state index contributed by atoms with van der Waals surface area (Å²) in [7, 11) is 0. The number of hydrogen-bond acceptors (Lipinski definition) is 1. The van der Waals surface area contributed by atoms with Crippen LogP contribution in [-0.2, 0) is 0 Å². The number of aromatic hydroxyl groups is 1. The van der Waals surface area contributed by atoms with Gasteiger partial charge in [-0.2, -0.15) is 0 Å². The van der Waals surface area contributed by atoms with E-state index in [0.717, 1.165) is 5.56 Å². The van der Waals surface area contributed by atoms with Crippen LogP contribution in [0, 0.1) is 0 Å². The lowest BCUT2D eigenvalue weighted by Gasteiger charge is -2.07. The van der Waals surface area contributed by atoms with E-state index in [1.165, 1.54) is 6.07 Å². The average Bonchev–Trinajstić information content (AvgIpc) is 2.25. The summed E-state index contributed by atoms with van der Waals surface area (Å²) in [4.78, 5) is 0. The molecule has 0 amide bonds. The van der Waals surface area contributed by atoms with E-state index >= 15 is 0 Å². The minimum Gasteiger partial charge on any atom is -0.506 e. The highest BCUT2D eigenvalue weighted by molar-refractivity contribution is 6.36. The molecule has 4 heteroatoms. The summed E-state index contributed by atoms with van der Waals surface area (Å²) >= 11 is 17.5. The fourth-order valence-electron chi connectivity index (χ4n) is 1.42. The van der Waals surface area contributed by atoms with Crippen LogP contribution in [0.25, 0.3) is 11.1 Å². The molecule has 0 saturated heterocycles. The molecule has 1 nitrogen and oxygen atoms in total. The Morgan fingerprint density at radius 3 is 2.06 bits per heavy atom. The van der Waals surface area contributed by atoms with Crippen LogP contribution >= 0.6 is 34.8 Å². The fraction of sp³-hybridized carbons (Fsp3) is 0. The van der Waals surface area contributed by atoms with Gasteiger partial charge in [-0.1, -0.05) is 46.9 Å². The minimum absolute atomic E-state index is 0.0217. The number of phenols is 1. The lowest BCUT2D eigenvalue weighted by atomic mass is 10.0. The third kappa shape index (κ3) is 2.27. The summed E-state index contributed by atoms with van der Waals surface area (Å²) in [6.45, 7) is 0. The van der Waals surface area contributed by atoms with Gasteiger partial charge in [0.15, 0.2) is 0 Å². The maximum Gasteiger partial charge on any atom is 0.142 e. The molecule has 0 aliphatic heterocycles. The highest BCUT2D eigenvalue weighted by Crippen LogP contribution is 2.38. The first-order valence-corrected chi connectivity index (χ1v) is 5.65. The van der Waals surface area contributed by atoms with Gasteiger partial charge in [0.2, 0.25) is 0 Å². The van der Waals surface area contributed by atoms with Gasteiger partial charge >= 0.3 is 0 Å².